The lowest BCUT2D eigenvalue weighted by molar-refractivity contribution is 0.477. The van der Waals surface area contributed by atoms with Gasteiger partial charge in [-0.3, -0.25) is 0 Å². The number of hydrogen-bond donors (Lipinski definition) is 1. The van der Waals surface area contributed by atoms with Crippen molar-refractivity contribution >= 4 is 21.6 Å². The third-order valence-corrected chi connectivity index (χ3v) is 1.94. The van der Waals surface area contributed by atoms with Crippen LogP contribution in [0.2, 0.25) is 0 Å². The summed E-state index contributed by atoms with van der Waals surface area (Å²) in [5, 5.41) is 3.07. The molecule has 1 aliphatic rings. The molecule has 0 spiro atoms. The summed E-state index contributed by atoms with van der Waals surface area (Å²) in [7, 11) is 0. The van der Waals surface area contributed by atoms with E-state index in [1.165, 1.54) is 0 Å². The summed E-state index contributed by atoms with van der Waals surface area (Å²) < 4.78 is 6.26. The number of fused-ring (bicyclic) bond motifs is 1. The largest absolute Gasteiger partial charge is 0.461 e. The van der Waals surface area contributed by atoms with Gasteiger partial charge in [-0.15, -0.1) is 0 Å². The second-order valence-corrected chi connectivity index (χ2v) is 3.12. The van der Waals surface area contributed by atoms with Gasteiger partial charge in [-0.2, -0.15) is 0 Å². The lowest BCUT2D eigenvalue weighted by Gasteiger charge is -2.12. The average molecular weight is 212 g/mol. The molecule has 1 aromatic rings. The first-order chi connectivity index (χ1) is 5.36. The molecule has 11 heavy (non-hydrogen) atoms. The van der Waals surface area contributed by atoms with E-state index in [1.807, 2.05) is 18.2 Å². The molecule has 1 N–H and O–H groups in total. The lowest BCUT2D eigenvalue weighted by Crippen LogP contribution is -1.98. The third-order valence-electron chi connectivity index (χ3n) is 1.44. The molecule has 2 nitrogen and oxygen atoms in total. The minimum absolute atomic E-state index is 0.857. The van der Waals surface area contributed by atoms with Crippen molar-refractivity contribution in [2.75, 3.05) is 5.32 Å². The van der Waals surface area contributed by atoms with E-state index in [0.717, 1.165) is 15.9 Å². The molecular formula is C8H6BrNO. The average Bonchev–Trinajstić information content (AvgIpc) is 2.04. The molecule has 0 aliphatic carbocycles. The van der Waals surface area contributed by atoms with E-state index in [9.17, 15) is 0 Å². The van der Waals surface area contributed by atoms with Crippen molar-refractivity contribution in [3.8, 4) is 5.75 Å². The van der Waals surface area contributed by atoms with Crippen molar-refractivity contribution in [3.05, 3.63) is 35.1 Å². The van der Waals surface area contributed by atoms with Crippen molar-refractivity contribution in [2.45, 2.75) is 0 Å². The molecule has 0 saturated heterocycles. The molecule has 0 saturated carbocycles. The standard InChI is InChI=1S/C8H6BrNO/c9-6-1-2-8-7(5-6)10-3-4-11-8/h1-5,10H. The van der Waals surface area contributed by atoms with Gasteiger partial charge in [-0.25, -0.2) is 0 Å². The summed E-state index contributed by atoms with van der Waals surface area (Å²) >= 11 is 3.37. The zero-order chi connectivity index (χ0) is 7.68. The second-order valence-electron chi connectivity index (χ2n) is 2.21. The maximum atomic E-state index is 5.21. The van der Waals surface area contributed by atoms with Gasteiger partial charge in [0.2, 0.25) is 0 Å². The maximum absolute atomic E-state index is 5.21. The number of rotatable bonds is 0. The fourth-order valence-corrected chi connectivity index (χ4v) is 1.31. The molecule has 56 valence electrons. The topological polar surface area (TPSA) is 21.3 Å². The van der Waals surface area contributed by atoms with Crippen molar-refractivity contribution < 1.29 is 4.74 Å². The smallest absolute Gasteiger partial charge is 0.150 e. The van der Waals surface area contributed by atoms with Crippen LogP contribution in [0.5, 0.6) is 5.75 Å². The summed E-state index contributed by atoms with van der Waals surface area (Å²) in [6, 6.07) is 5.83. The summed E-state index contributed by atoms with van der Waals surface area (Å²) in [4.78, 5) is 0. The number of nitrogens with one attached hydrogen (secondary N) is 1. The van der Waals surface area contributed by atoms with Crippen LogP contribution in [0.3, 0.4) is 0 Å². The second kappa shape index (κ2) is 2.58. The van der Waals surface area contributed by atoms with Crippen molar-refractivity contribution in [3.63, 3.8) is 0 Å². The summed E-state index contributed by atoms with van der Waals surface area (Å²) in [6.07, 6.45) is 3.38. The Kier molecular flexibility index (Phi) is 1.58. The van der Waals surface area contributed by atoms with Gasteiger partial charge in [-0.05, 0) is 18.2 Å². The van der Waals surface area contributed by atoms with Gasteiger partial charge in [0, 0.05) is 10.7 Å². The fraction of sp³-hybridized carbons (Fsp3) is 0. The number of ether oxygens (including phenoxy) is 1. The number of halogens is 1. The number of hydrogen-bond acceptors (Lipinski definition) is 2. The van der Waals surface area contributed by atoms with Gasteiger partial charge in [0.1, 0.15) is 12.0 Å². The maximum Gasteiger partial charge on any atom is 0.150 e. The van der Waals surface area contributed by atoms with Gasteiger partial charge >= 0.3 is 0 Å². The van der Waals surface area contributed by atoms with Crippen LogP contribution in [-0.4, -0.2) is 0 Å². The highest BCUT2D eigenvalue weighted by Crippen LogP contribution is 2.30. The van der Waals surface area contributed by atoms with Crippen LogP contribution < -0.4 is 10.1 Å². The van der Waals surface area contributed by atoms with Crippen molar-refractivity contribution in [2.24, 2.45) is 0 Å². The zero-order valence-electron chi connectivity index (χ0n) is 5.67. The molecule has 0 amide bonds. The molecule has 2 rings (SSSR count). The van der Waals surface area contributed by atoms with E-state index in [-0.39, 0.29) is 0 Å². The zero-order valence-corrected chi connectivity index (χ0v) is 7.26. The molecule has 3 heteroatoms. The van der Waals surface area contributed by atoms with Crippen LogP contribution in [0.15, 0.2) is 35.1 Å². The number of benzene rings is 1. The van der Waals surface area contributed by atoms with Crippen LogP contribution in [0.25, 0.3) is 0 Å². The Hall–Kier alpha value is -0.960. The van der Waals surface area contributed by atoms with Crippen molar-refractivity contribution in [1.29, 1.82) is 0 Å². The quantitative estimate of drug-likeness (QED) is 0.713. The molecule has 1 heterocycles. The minimum Gasteiger partial charge on any atom is -0.461 e. The van der Waals surface area contributed by atoms with Gasteiger partial charge < -0.3 is 10.1 Å². The Labute approximate surface area is 73.0 Å². The normalized spacial score (nSPS) is 13.2. The van der Waals surface area contributed by atoms with Gasteiger partial charge in [-0.1, -0.05) is 15.9 Å². The van der Waals surface area contributed by atoms with Crippen LogP contribution in [0.1, 0.15) is 0 Å². The fourth-order valence-electron chi connectivity index (χ4n) is 0.949. The van der Waals surface area contributed by atoms with E-state index >= 15 is 0 Å². The molecule has 0 radical (unpaired) electrons. The first kappa shape index (κ1) is 6.73. The molecule has 0 atom stereocenters. The highest BCUT2D eigenvalue weighted by Gasteiger charge is 2.04. The molecular weight excluding hydrogens is 206 g/mol. The molecule has 0 fully saturated rings. The van der Waals surface area contributed by atoms with Crippen LogP contribution in [0.4, 0.5) is 5.69 Å². The van der Waals surface area contributed by atoms with E-state index < -0.39 is 0 Å². The predicted octanol–water partition coefficient (Wildman–Crippen LogP) is 2.72. The van der Waals surface area contributed by atoms with E-state index in [2.05, 4.69) is 21.2 Å². The van der Waals surface area contributed by atoms with Crippen LogP contribution in [-0.2, 0) is 0 Å². The molecule has 1 aliphatic heterocycles. The Morgan fingerprint density at radius 2 is 2.27 bits per heavy atom. The Bertz CT molecular complexity index is 309. The Balaban J connectivity index is 2.48. The highest BCUT2D eigenvalue weighted by atomic mass is 79.9. The minimum atomic E-state index is 0.857. The van der Waals surface area contributed by atoms with E-state index in [4.69, 9.17) is 4.74 Å². The Morgan fingerprint density at radius 3 is 3.18 bits per heavy atom. The summed E-state index contributed by atoms with van der Waals surface area (Å²) in [5.41, 5.74) is 0.988. The third kappa shape index (κ3) is 1.24. The van der Waals surface area contributed by atoms with Crippen LogP contribution in [0, 0.1) is 0 Å². The first-order valence-electron chi connectivity index (χ1n) is 3.24. The number of anilines is 1. The van der Waals surface area contributed by atoms with E-state index in [0.29, 0.717) is 0 Å². The predicted molar refractivity (Wildman–Crippen MR) is 47.5 cm³/mol. The van der Waals surface area contributed by atoms with Crippen molar-refractivity contribution in [1.82, 2.24) is 0 Å². The SMILES string of the molecule is Brc1ccc2c(c1)NC=CO2. The monoisotopic (exact) mass is 211 g/mol. The highest BCUT2D eigenvalue weighted by molar-refractivity contribution is 9.10. The van der Waals surface area contributed by atoms with Gasteiger partial charge in [0.15, 0.2) is 0 Å². The molecule has 0 bridgehead atoms. The molecule has 0 unspecified atom stereocenters. The summed E-state index contributed by atoms with van der Waals surface area (Å²) in [5.74, 6) is 0.857. The molecule has 0 aromatic heterocycles. The van der Waals surface area contributed by atoms with Gasteiger partial charge in [0.05, 0.1) is 5.69 Å². The van der Waals surface area contributed by atoms with Gasteiger partial charge in [0.25, 0.3) is 0 Å². The lowest BCUT2D eigenvalue weighted by atomic mass is 10.3. The Morgan fingerprint density at radius 1 is 1.36 bits per heavy atom. The first-order valence-corrected chi connectivity index (χ1v) is 4.03. The van der Waals surface area contributed by atoms with Crippen LogP contribution >= 0.6 is 15.9 Å². The summed E-state index contributed by atoms with van der Waals surface area (Å²) in [6.45, 7) is 0. The van der Waals surface area contributed by atoms with E-state index in [1.54, 1.807) is 12.5 Å². The molecule has 1 aromatic carbocycles.